The zero-order valence-corrected chi connectivity index (χ0v) is 16.5. The number of hydrogen-bond acceptors (Lipinski definition) is 3. The van der Waals surface area contributed by atoms with E-state index in [0.29, 0.717) is 18.1 Å². The lowest BCUT2D eigenvalue weighted by Crippen LogP contribution is -2.41. The molecule has 1 amide bonds. The number of amides is 1. The number of piperidine rings is 1. The summed E-state index contributed by atoms with van der Waals surface area (Å²) in [6.45, 7) is 6.15. The minimum atomic E-state index is 0.0805. The van der Waals surface area contributed by atoms with Gasteiger partial charge < -0.3 is 9.64 Å². The van der Waals surface area contributed by atoms with E-state index in [9.17, 15) is 4.79 Å². The lowest BCUT2D eigenvalue weighted by molar-refractivity contribution is 0.0632. The highest BCUT2D eigenvalue weighted by Gasteiger charge is 2.26. The zero-order chi connectivity index (χ0) is 19.5. The van der Waals surface area contributed by atoms with Crippen LogP contribution in [0.5, 0.6) is 5.75 Å². The Balaban J connectivity index is 1.47. The molecule has 1 fully saturated rings. The molecule has 4 rings (SSSR count). The molecule has 0 saturated carbocycles. The fraction of sp³-hybridized carbons (Fsp3) is 0.333. The highest BCUT2D eigenvalue weighted by molar-refractivity contribution is 5.98. The van der Waals surface area contributed by atoms with Crippen molar-refractivity contribution < 1.29 is 9.53 Å². The number of pyridine rings is 1. The number of benzene rings is 2. The van der Waals surface area contributed by atoms with Crippen molar-refractivity contribution in [2.24, 2.45) is 5.92 Å². The molecule has 1 unspecified atom stereocenters. The molecule has 1 aliphatic rings. The van der Waals surface area contributed by atoms with Crippen molar-refractivity contribution in [3.8, 4) is 5.75 Å². The number of carbonyl (C=O) groups excluding carboxylic acids is 1. The Hall–Kier alpha value is -2.88. The summed E-state index contributed by atoms with van der Waals surface area (Å²) < 4.78 is 5.92. The summed E-state index contributed by atoms with van der Waals surface area (Å²) in [7, 11) is 0. The molecular weight excluding hydrogens is 348 g/mol. The van der Waals surface area contributed by atoms with Crippen molar-refractivity contribution in [3.63, 3.8) is 0 Å². The number of carbonyl (C=O) groups is 1. The standard InChI is InChI=1S/C24H26N2O2/c1-17-10-11-20-14-22(18(2)25-23(20)13-17)24(27)26-12-6-7-19(15-26)16-28-21-8-4-3-5-9-21/h3-5,8-11,13-14,19H,6-7,12,15-16H2,1-2H3. The molecular formula is C24H26N2O2. The molecule has 0 bridgehead atoms. The first-order chi connectivity index (χ1) is 13.6. The van der Waals surface area contributed by atoms with E-state index in [0.717, 1.165) is 48.3 Å². The first-order valence-corrected chi connectivity index (χ1v) is 9.95. The van der Waals surface area contributed by atoms with E-state index in [-0.39, 0.29) is 5.91 Å². The number of likely N-dealkylation sites (tertiary alicyclic amines) is 1. The maximum atomic E-state index is 13.2. The SMILES string of the molecule is Cc1ccc2cc(C(=O)N3CCCC(COc4ccccc4)C3)c(C)nc2c1. The Bertz CT molecular complexity index is 985. The van der Waals surface area contributed by atoms with Gasteiger partial charge in [-0.2, -0.15) is 0 Å². The predicted molar refractivity (Wildman–Crippen MR) is 112 cm³/mol. The molecule has 4 nitrogen and oxygen atoms in total. The molecule has 28 heavy (non-hydrogen) atoms. The summed E-state index contributed by atoms with van der Waals surface area (Å²) in [5.41, 5.74) is 3.63. The number of para-hydroxylation sites is 1. The minimum Gasteiger partial charge on any atom is -0.493 e. The second-order valence-electron chi connectivity index (χ2n) is 7.70. The van der Waals surface area contributed by atoms with Crippen LogP contribution in [0.4, 0.5) is 0 Å². The van der Waals surface area contributed by atoms with Gasteiger partial charge >= 0.3 is 0 Å². The number of hydrogen-bond donors (Lipinski definition) is 0. The topological polar surface area (TPSA) is 42.4 Å². The highest BCUT2D eigenvalue weighted by Crippen LogP contribution is 2.23. The van der Waals surface area contributed by atoms with Crippen molar-refractivity contribution in [3.05, 3.63) is 71.4 Å². The maximum Gasteiger partial charge on any atom is 0.255 e. The van der Waals surface area contributed by atoms with E-state index < -0.39 is 0 Å². The molecule has 1 saturated heterocycles. The highest BCUT2D eigenvalue weighted by atomic mass is 16.5. The third-order valence-electron chi connectivity index (χ3n) is 5.43. The van der Waals surface area contributed by atoms with Crippen molar-refractivity contribution in [2.45, 2.75) is 26.7 Å². The number of nitrogens with zero attached hydrogens (tertiary/aromatic N) is 2. The summed E-state index contributed by atoms with van der Waals surface area (Å²) in [5.74, 6) is 1.32. The summed E-state index contributed by atoms with van der Waals surface area (Å²) in [6.07, 6.45) is 2.10. The maximum absolute atomic E-state index is 13.2. The fourth-order valence-corrected chi connectivity index (χ4v) is 3.88. The summed E-state index contributed by atoms with van der Waals surface area (Å²) in [4.78, 5) is 19.8. The van der Waals surface area contributed by atoms with Gasteiger partial charge in [-0.3, -0.25) is 9.78 Å². The van der Waals surface area contributed by atoms with Gasteiger partial charge in [0.15, 0.2) is 0 Å². The van der Waals surface area contributed by atoms with Gasteiger partial charge in [-0.1, -0.05) is 30.3 Å². The normalized spacial score (nSPS) is 16.9. The average molecular weight is 374 g/mol. The van der Waals surface area contributed by atoms with Crippen molar-refractivity contribution in [1.29, 1.82) is 0 Å². The summed E-state index contributed by atoms with van der Waals surface area (Å²) in [6, 6.07) is 18.0. The zero-order valence-electron chi connectivity index (χ0n) is 16.5. The molecule has 144 valence electrons. The second-order valence-corrected chi connectivity index (χ2v) is 7.70. The quantitative estimate of drug-likeness (QED) is 0.660. The minimum absolute atomic E-state index is 0.0805. The molecule has 2 heterocycles. The molecule has 0 N–H and O–H groups in total. The van der Waals surface area contributed by atoms with Gasteiger partial charge in [-0.05, 0) is 56.5 Å². The van der Waals surface area contributed by atoms with Crippen LogP contribution in [0.3, 0.4) is 0 Å². The van der Waals surface area contributed by atoms with E-state index in [4.69, 9.17) is 4.74 Å². The number of ether oxygens (including phenoxy) is 1. The van der Waals surface area contributed by atoms with Gasteiger partial charge in [-0.25, -0.2) is 0 Å². The molecule has 0 radical (unpaired) electrons. The molecule has 4 heteroatoms. The van der Waals surface area contributed by atoms with E-state index in [1.54, 1.807) is 0 Å². The van der Waals surface area contributed by atoms with Crippen molar-refractivity contribution in [2.75, 3.05) is 19.7 Å². The third-order valence-corrected chi connectivity index (χ3v) is 5.43. The summed E-state index contributed by atoms with van der Waals surface area (Å²) in [5, 5.41) is 1.01. The number of aryl methyl sites for hydroxylation is 2. The first-order valence-electron chi connectivity index (χ1n) is 9.95. The van der Waals surface area contributed by atoms with Crippen LogP contribution in [-0.2, 0) is 0 Å². The average Bonchev–Trinajstić information content (AvgIpc) is 2.72. The summed E-state index contributed by atoms with van der Waals surface area (Å²) >= 11 is 0. The lowest BCUT2D eigenvalue weighted by atomic mass is 9.97. The Kier molecular flexibility index (Phi) is 5.29. The van der Waals surface area contributed by atoms with Crippen LogP contribution in [0.1, 0.15) is 34.5 Å². The fourth-order valence-electron chi connectivity index (χ4n) is 3.88. The number of aromatic nitrogens is 1. The first kappa shape index (κ1) is 18.5. The smallest absolute Gasteiger partial charge is 0.255 e. The van der Waals surface area contributed by atoms with Crippen LogP contribution in [0.2, 0.25) is 0 Å². The largest absolute Gasteiger partial charge is 0.493 e. The van der Waals surface area contributed by atoms with Gasteiger partial charge in [0.25, 0.3) is 5.91 Å². The molecule has 1 aliphatic heterocycles. The van der Waals surface area contributed by atoms with Crippen LogP contribution >= 0.6 is 0 Å². The van der Waals surface area contributed by atoms with Crippen LogP contribution in [0.25, 0.3) is 10.9 Å². The van der Waals surface area contributed by atoms with Crippen LogP contribution in [0.15, 0.2) is 54.6 Å². The van der Waals surface area contributed by atoms with Gasteiger partial charge in [0.1, 0.15) is 5.75 Å². The lowest BCUT2D eigenvalue weighted by Gasteiger charge is -2.33. The van der Waals surface area contributed by atoms with Crippen LogP contribution in [0, 0.1) is 19.8 Å². The molecule has 1 atom stereocenters. The van der Waals surface area contributed by atoms with Gasteiger partial charge in [0, 0.05) is 24.4 Å². The third kappa shape index (κ3) is 4.01. The predicted octanol–water partition coefficient (Wildman–Crippen LogP) is 4.78. The second kappa shape index (κ2) is 8.01. The monoisotopic (exact) mass is 374 g/mol. The molecule has 2 aromatic carbocycles. The molecule has 0 spiro atoms. The van der Waals surface area contributed by atoms with Gasteiger partial charge in [-0.15, -0.1) is 0 Å². The molecule has 1 aromatic heterocycles. The van der Waals surface area contributed by atoms with Crippen molar-refractivity contribution >= 4 is 16.8 Å². The Morgan fingerprint density at radius 3 is 2.79 bits per heavy atom. The van der Waals surface area contributed by atoms with Gasteiger partial charge in [0.05, 0.1) is 23.4 Å². The van der Waals surface area contributed by atoms with E-state index >= 15 is 0 Å². The van der Waals surface area contributed by atoms with Crippen LogP contribution in [-0.4, -0.2) is 35.5 Å². The molecule has 0 aliphatic carbocycles. The van der Waals surface area contributed by atoms with E-state index in [2.05, 4.69) is 24.0 Å². The van der Waals surface area contributed by atoms with E-state index in [1.807, 2.05) is 54.3 Å². The van der Waals surface area contributed by atoms with Crippen molar-refractivity contribution in [1.82, 2.24) is 9.88 Å². The number of fused-ring (bicyclic) bond motifs is 1. The Morgan fingerprint density at radius 1 is 1.14 bits per heavy atom. The van der Waals surface area contributed by atoms with Gasteiger partial charge in [0.2, 0.25) is 0 Å². The molecule has 3 aromatic rings. The van der Waals surface area contributed by atoms with E-state index in [1.165, 1.54) is 5.56 Å². The van der Waals surface area contributed by atoms with Crippen LogP contribution < -0.4 is 4.74 Å². The Morgan fingerprint density at radius 2 is 1.96 bits per heavy atom. The Labute approximate surface area is 166 Å². The number of rotatable bonds is 4.